The molecule has 0 N–H and O–H groups in total. The lowest BCUT2D eigenvalue weighted by atomic mass is 10.2. The number of hydrogen-bond donors (Lipinski definition) is 0. The second kappa shape index (κ2) is 4.82. The highest BCUT2D eigenvalue weighted by Gasteiger charge is 2.19. The topological polar surface area (TPSA) is 95.0 Å². The van der Waals surface area contributed by atoms with E-state index in [-0.39, 0.29) is 5.69 Å². The summed E-state index contributed by atoms with van der Waals surface area (Å²) in [6.07, 6.45) is 0. The largest absolute Gasteiger partial charge is 0.279 e. The van der Waals surface area contributed by atoms with E-state index < -0.39 is 4.92 Å². The minimum absolute atomic E-state index is 0.0309. The molecule has 20 heavy (non-hydrogen) atoms. The summed E-state index contributed by atoms with van der Waals surface area (Å²) in [5.74, 6) is 0. The lowest BCUT2D eigenvalue weighted by Gasteiger charge is -1.97. The summed E-state index contributed by atoms with van der Waals surface area (Å²) >= 11 is 1.32. The predicted octanol–water partition coefficient (Wildman–Crippen LogP) is 3.08. The van der Waals surface area contributed by atoms with Crippen molar-refractivity contribution < 1.29 is 9.55 Å². The van der Waals surface area contributed by atoms with Gasteiger partial charge in [0.15, 0.2) is 5.69 Å². The number of nitro benzene ring substituents is 1. The minimum atomic E-state index is -0.417. The number of aromatic nitrogens is 3. The molecule has 0 saturated heterocycles. The van der Waals surface area contributed by atoms with Gasteiger partial charge in [-0.1, -0.05) is 17.3 Å². The number of nitro groups is 1. The average molecular weight is 288 g/mol. The molecular weight excluding hydrogens is 280 g/mol. The fourth-order valence-electron chi connectivity index (χ4n) is 1.78. The molecule has 2 aromatic heterocycles. The number of benzene rings is 1. The first kappa shape index (κ1) is 12.4. The van der Waals surface area contributed by atoms with Crippen LogP contribution < -0.4 is 0 Å². The summed E-state index contributed by atoms with van der Waals surface area (Å²) in [6.45, 7) is 1.76. The van der Waals surface area contributed by atoms with E-state index in [1.165, 1.54) is 17.4 Å². The number of para-hydroxylation sites is 1. The fourth-order valence-corrected chi connectivity index (χ4v) is 2.62. The van der Waals surface area contributed by atoms with E-state index in [9.17, 15) is 10.1 Å². The molecule has 2 heterocycles. The van der Waals surface area contributed by atoms with Gasteiger partial charge in [0, 0.05) is 11.4 Å². The maximum absolute atomic E-state index is 11.0. The summed E-state index contributed by atoms with van der Waals surface area (Å²) in [6, 6.07) is 6.50. The van der Waals surface area contributed by atoms with Gasteiger partial charge < -0.3 is 0 Å². The van der Waals surface area contributed by atoms with E-state index in [4.69, 9.17) is 0 Å². The lowest BCUT2D eigenvalue weighted by Crippen LogP contribution is -1.91. The quantitative estimate of drug-likeness (QED) is 0.543. The number of thiazole rings is 1. The maximum atomic E-state index is 11.0. The third-order valence-corrected chi connectivity index (χ3v) is 3.61. The molecule has 3 aromatic rings. The first-order valence-electron chi connectivity index (χ1n) is 5.65. The Balaban J connectivity index is 2.07. The molecule has 0 atom stereocenters. The lowest BCUT2D eigenvalue weighted by molar-refractivity contribution is -0.384. The fraction of sp³-hybridized carbons (Fsp3) is 0.0833. The molecule has 0 bridgehead atoms. The Bertz CT molecular complexity index is 780. The van der Waals surface area contributed by atoms with Crippen molar-refractivity contribution in [3.63, 3.8) is 0 Å². The Labute approximate surface area is 117 Å². The van der Waals surface area contributed by atoms with Gasteiger partial charge in [-0.25, -0.2) is 9.61 Å². The predicted molar refractivity (Wildman–Crippen MR) is 72.2 cm³/mol. The van der Waals surface area contributed by atoms with E-state index in [2.05, 4.69) is 19.9 Å². The van der Waals surface area contributed by atoms with Crippen LogP contribution >= 0.6 is 11.3 Å². The molecule has 1 aromatic carbocycles. The Morgan fingerprint density at radius 2 is 2.10 bits per heavy atom. The van der Waals surface area contributed by atoms with Crippen molar-refractivity contribution in [1.82, 2.24) is 15.3 Å². The zero-order valence-electron chi connectivity index (χ0n) is 10.3. The molecule has 0 aliphatic rings. The van der Waals surface area contributed by atoms with Crippen LogP contribution in [0, 0.1) is 17.0 Å². The van der Waals surface area contributed by atoms with Crippen LogP contribution in [0.3, 0.4) is 0 Å². The van der Waals surface area contributed by atoms with E-state index in [0.717, 1.165) is 0 Å². The average Bonchev–Trinajstić information content (AvgIpc) is 3.07. The summed E-state index contributed by atoms with van der Waals surface area (Å²) in [7, 11) is 0. The van der Waals surface area contributed by atoms with Gasteiger partial charge in [0.25, 0.3) is 5.69 Å². The van der Waals surface area contributed by atoms with Crippen molar-refractivity contribution in [2.45, 2.75) is 6.92 Å². The van der Waals surface area contributed by atoms with Crippen LogP contribution in [0.25, 0.3) is 22.0 Å². The number of aryl methyl sites for hydroxylation is 1. The molecule has 0 saturated carbocycles. The smallest absolute Gasteiger partial charge is 0.258 e. The van der Waals surface area contributed by atoms with Gasteiger partial charge in [-0.3, -0.25) is 10.1 Å². The zero-order valence-corrected chi connectivity index (χ0v) is 11.1. The number of rotatable bonds is 3. The maximum Gasteiger partial charge on any atom is 0.279 e. The van der Waals surface area contributed by atoms with Crippen LogP contribution in [0.4, 0.5) is 5.69 Å². The standard InChI is InChI=1S/C12H8N4O3S/c1-7-11(15-19-14-7)9-6-20-12(13-9)8-4-2-3-5-10(8)16(17)18/h2-6H,1H3. The van der Waals surface area contributed by atoms with Crippen molar-refractivity contribution in [2.75, 3.05) is 0 Å². The Morgan fingerprint density at radius 3 is 2.80 bits per heavy atom. The molecular formula is C12H8N4O3S. The molecule has 0 spiro atoms. The first-order valence-corrected chi connectivity index (χ1v) is 6.53. The van der Waals surface area contributed by atoms with Gasteiger partial charge in [0.2, 0.25) is 0 Å². The van der Waals surface area contributed by atoms with Crippen molar-refractivity contribution in [3.8, 4) is 22.0 Å². The van der Waals surface area contributed by atoms with Crippen molar-refractivity contribution in [1.29, 1.82) is 0 Å². The molecule has 0 radical (unpaired) electrons. The van der Waals surface area contributed by atoms with Crippen LogP contribution in [0.15, 0.2) is 34.3 Å². The van der Waals surface area contributed by atoms with Crippen molar-refractivity contribution in [2.24, 2.45) is 0 Å². The van der Waals surface area contributed by atoms with Crippen molar-refractivity contribution in [3.05, 3.63) is 45.5 Å². The zero-order chi connectivity index (χ0) is 14.1. The van der Waals surface area contributed by atoms with Crippen LogP contribution in [-0.4, -0.2) is 20.2 Å². The third-order valence-electron chi connectivity index (χ3n) is 2.73. The molecule has 0 unspecified atom stereocenters. The molecule has 0 aliphatic heterocycles. The Hall–Kier alpha value is -2.61. The number of hydrogen-bond acceptors (Lipinski definition) is 7. The van der Waals surface area contributed by atoms with Crippen LogP contribution in [0.1, 0.15) is 5.69 Å². The molecule has 8 heteroatoms. The molecule has 0 aliphatic carbocycles. The minimum Gasteiger partial charge on any atom is -0.258 e. The molecule has 100 valence electrons. The summed E-state index contributed by atoms with van der Waals surface area (Å²) in [5.41, 5.74) is 2.30. The van der Waals surface area contributed by atoms with E-state index in [1.807, 2.05) is 0 Å². The normalized spacial score (nSPS) is 10.7. The summed E-state index contributed by atoms with van der Waals surface area (Å²) in [5, 5.41) is 20.8. The van der Waals surface area contributed by atoms with E-state index >= 15 is 0 Å². The highest BCUT2D eigenvalue weighted by atomic mass is 32.1. The van der Waals surface area contributed by atoms with Crippen LogP contribution in [-0.2, 0) is 0 Å². The second-order valence-electron chi connectivity index (χ2n) is 4.01. The van der Waals surface area contributed by atoms with Gasteiger partial charge in [0.05, 0.1) is 10.5 Å². The SMILES string of the molecule is Cc1nonc1-c1csc(-c2ccccc2[N+](=O)[O-])n1. The van der Waals surface area contributed by atoms with Crippen LogP contribution in [0.2, 0.25) is 0 Å². The molecule has 7 nitrogen and oxygen atoms in total. The first-order chi connectivity index (χ1) is 9.66. The van der Waals surface area contributed by atoms with Gasteiger partial charge in [-0.05, 0) is 18.1 Å². The monoisotopic (exact) mass is 288 g/mol. The van der Waals surface area contributed by atoms with E-state index in [0.29, 0.717) is 27.7 Å². The van der Waals surface area contributed by atoms with Gasteiger partial charge >= 0.3 is 0 Å². The summed E-state index contributed by atoms with van der Waals surface area (Å²) < 4.78 is 4.63. The van der Waals surface area contributed by atoms with Gasteiger partial charge in [-0.2, -0.15) is 0 Å². The Kier molecular flexibility index (Phi) is 2.99. The van der Waals surface area contributed by atoms with Crippen molar-refractivity contribution >= 4 is 17.0 Å². The van der Waals surface area contributed by atoms with Gasteiger partial charge in [0.1, 0.15) is 16.4 Å². The summed E-state index contributed by atoms with van der Waals surface area (Å²) in [4.78, 5) is 15.0. The molecule has 0 amide bonds. The highest BCUT2D eigenvalue weighted by molar-refractivity contribution is 7.13. The molecule has 0 fully saturated rings. The van der Waals surface area contributed by atoms with E-state index in [1.54, 1.807) is 30.5 Å². The van der Waals surface area contributed by atoms with Gasteiger partial charge in [-0.15, -0.1) is 11.3 Å². The molecule has 3 rings (SSSR count). The Morgan fingerprint density at radius 1 is 1.30 bits per heavy atom. The second-order valence-corrected chi connectivity index (χ2v) is 4.87. The number of nitrogens with zero attached hydrogens (tertiary/aromatic N) is 4. The third kappa shape index (κ3) is 2.05. The van der Waals surface area contributed by atoms with Crippen LogP contribution in [0.5, 0.6) is 0 Å². The highest BCUT2D eigenvalue weighted by Crippen LogP contribution is 2.34.